The fourth-order valence-electron chi connectivity index (χ4n) is 3.64. The Balaban J connectivity index is 1.46. The lowest BCUT2D eigenvalue weighted by Gasteiger charge is -2.30. The van der Waals surface area contributed by atoms with Crippen LogP contribution in [0.15, 0.2) is 30.5 Å². The first kappa shape index (κ1) is 14.7. The lowest BCUT2D eigenvalue weighted by molar-refractivity contribution is 0.0909. The van der Waals surface area contributed by atoms with Crippen molar-refractivity contribution in [1.82, 2.24) is 15.2 Å². The van der Waals surface area contributed by atoms with Crippen LogP contribution in [0.5, 0.6) is 0 Å². The molecule has 1 aromatic carbocycles. The first-order valence-corrected chi connectivity index (χ1v) is 8.84. The van der Waals surface area contributed by atoms with E-state index in [1.807, 2.05) is 24.3 Å². The molecule has 5 nitrogen and oxygen atoms in total. The maximum atomic E-state index is 12.5. The first-order valence-electron chi connectivity index (χ1n) is 8.03. The largest absolute Gasteiger partial charge is 0.398 e. The van der Waals surface area contributed by atoms with Gasteiger partial charge in [0.05, 0.1) is 4.88 Å². The zero-order valence-corrected chi connectivity index (χ0v) is 13.7. The van der Waals surface area contributed by atoms with Gasteiger partial charge in [0.25, 0.3) is 5.91 Å². The number of nitrogens with one attached hydrogen (secondary N) is 1. The minimum atomic E-state index is -0.0664. The molecule has 2 aromatic rings. The number of aromatic nitrogens is 1. The molecule has 2 aliphatic heterocycles. The first-order chi connectivity index (χ1) is 11.2. The number of nitrogen functional groups attached to an aromatic ring is 1. The zero-order chi connectivity index (χ0) is 15.8. The number of para-hydroxylation sites is 1. The van der Waals surface area contributed by atoms with Crippen LogP contribution in [0.3, 0.4) is 0 Å². The van der Waals surface area contributed by atoms with E-state index in [0.29, 0.717) is 10.7 Å². The zero-order valence-electron chi connectivity index (χ0n) is 12.9. The van der Waals surface area contributed by atoms with Crippen molar-refractivity contribution >= 4 is 22.9 Å². The Labute approximate surface area is 139 Å². The number of nitrogens with zero attached hydrogens (tertiary/aromatic N) is 2. The summed E-state index contributed by atoms with van der Waals surface area (Å²) in [5, 5.41) is 3.66. The molecule has 2 fully saturated rings. The summed E-state index contributed by atoms with van der Waals surface area (Å²) in [6.45, 7) is 3.33. The molecule has 4 rings (SSSR count). The quantitative estimate of drug-likeness (QED) is 0.848. The summed E-state index contributed by atoms with van der Waals surface area (Å²) >= 11 is 1.40. The molecule has 6 heteroatoms. The lowest BCUT2D eigenvalue weighted by atomic mass is 9.97. The van der Waals surface area contributed by atoms with E-state index in [-0.39, 0.29) is 11.9 Å². The molecule has 23 heavy (non-hydrogen) atoms. The summed E-state index contributed by atoms with van der Waals surface area (Å²) in [5.41, 5.74) is 7.64. The summed E-state index contributed by atoms with van der Waals surface area (Å²) in [4.78, 5) is 20.1. The van der Waals surface area contributed by atoms with Gasteiger partial charge in [0.15, 0.2) is 5.01 Å². The molecule has 0 radical (unpaired) electrons. The summed E-state index contributed by atoms with van der Waals surface area (Å²) in [6.07, 6.45) is 4.09. The molecule has 120 valence electrons. The Hall–Kier alpha value is -1.92. The van der Waals surface area contributed by atoms with Crippen LogP contribution in [0.1, 0.15) is 22.6 Å². The summed E-state index contributed by atoms with van der Waals surface area (Å²) in [5.74, 6) is 0.674. The Morgan fingerprint density at radius 3 is 3.04 bits per heavy atom. The number of thiazole rings is 1. The fraction of sp³-hybridized carbons (Fsp3) is 0.412. The number of rotatable bonds is 3. The number of hydrogen-bond acceptors (Lipinski definition) is 5. The van der Waals surface area contributed by atoms with Crippen molar-refractivity contribution in [3.63, 3.8) is 0 Å². The van der Waals surface area contributed by atoms with E-state index in [0.717, 1.165) is 29.3 Å². The van der Waals surface area contributed by atoms with Crippen molar-refractivity contribution < 1.29 is 4.79 Å². The average molecular weight is 328 g/mol. The van der Waals surface area contributed by atoms with Crippen molar-refractivity contribution in [1.29, 1.82) is 0 Å². The van der Waals surface area contributed by atoms with Crippen molar-refractivity contribution in [3.05, 3.63) is 35.5 Å². The fourth-order valence-corrected chi connectivity index (χ4v) is 4.50. The van der Waals surface area contributed by atoms with Gasteiger partial charge in [-0.25, -0.2) is 4.98 Å². The van der Waals surface area contributed by atoms with Gasteiger partial charge in [-0.1, -0.05) is 18.2 Å². The lowest BCUT2D eigenvalue weighted by Crippen LogP contribution is -2.46. The van der Waals surface area contributed by atoms with Gasteiger partial charge in [-0.2, -0.15) is 0 Å². The highest BCUT2D eigenvalue weighted by molar-refractivity contribution is 7.17. The molecule has 1 aromatic heterocycles. The van der Waals surface area contributed by atoms with Gasteiger partial charge in [0.1, 0.15) is 0 Å². The highest BCUT2D eigenvalue weighted by Crippen LogP contribution is 2.31. The maximum absolute atomic E-state index is 12.5. The van der Waals surface area contributed by atoms with Gasteiger partial charge in [-0.05, 0) is 31.4 Å². The van der Waals surface area contributed by atoms with E-state index in [4.69, 9.17) is 5.73 Å². The minimum Gasteiger partial charge on any atom is -0.398 e. The topological polar surface area (TPSA) is 71.2 Å². The number of amides is 1. The Morgan fingerprint density at radius 1 is 1.35 bits per heavy atom. The molecule has 1 amide bonds. The number of anilines is 1. The second-order valence-electron chi connectivity index (χ2n) is 6.44. The van der Waals surface area contributed by atoms with Crippen LogP contribution in [0, 0.1) is 5.92 Å². The number of hydrogen-bond donors (Lipinski definition) is 2. The van der Waals surface area contributed by atoms with Crippen LogP contribution in [-0.2, 0) is 0 Å². The van der Waals surface area contributed by atoms with Gasteiger partial charge in [0, 0.05) is 36.6 Å². The van der Waals surface area contributed by atoms with Crippen molar-refractivity contribution in [2.45, 2.75) is 18.9 Å². The maximum Gasteiger partial charge on any atom is 0.280 e. The molecule has 3 atom stereocenters. The standard InChI is InChI=1S/C17H20N4OS/c18-14-4-2-1-3-13(14)15-8-19-17(23-15)16(22)20-12-7-11-5-6-21(9-11)10-12/h1-4,8,11-12H,5-7,9-10,18H2,(H,20,22). The monoisotopic (exact) mass is 328 g/mol. The third-order valence-corrected chi connectivity index (χ3v) is 5.76. The highest BCUT2D eigenvalue weighted by Gasteiger charge is 2.33. The van der Waals surface area contributed by atoms with Crippen molar-refractivity contribution in [2.24, 2.45) is 5.92 Å². The van der Waals surface area contributed by atoms with E-state index in [2.05, 4.69) is 15.2 Å². The number of carbonyl (C=O) groups excluding carboxylic acids is 1. The van der Waals surface area contributed by atoms with E-state index in [9.17, 15) is 4.79 Å². The smallest absolute Gasteiger partial charge is 0.280 e. The van der Waals surface area contributed by atoms with Crippen LogP contribution in [0.4, 0.5) is 5.69 Å². The molecular formula is C17H20N4OS. The molecule has 0 aliphatic carbocycles. The van der Waals surface area contributed by atoms with Crippen molar-refractivity contribution in [3.8, 4) is 10.4 Å². The molecule has 2 bridgehead atoms. The average Bonchev–Trinajstić information content (AvgIpc) is 3.15. The van der Waals surface area contributed by atoms with Crippen LogP contribution >= 0.6 is 11.3 Å². The Kier molecular flexibility index (Phi) is 3.79. The predicted molar refractivity (Wildman–Crippen MR) is 92.4 cm³/mol. The van der Waals surface area contributed by atoms with E-state index in [1.54, 1.807) is 6.20 Å². The second kappa shape index (κ2) is 5.94. The third-order valence-electron chi connectivity index (χ3n) is 4.73. The number of carbonyl (C=O) groups is 1. The van der Waals surface area contributed by atoms with Gasteiger partial charge < -0.3 is 16.0 Å². The Morgan fingerprint density at radius 2 is 2.22 bits per heavy atom. The number of nitrogens with two attached hydrogens (primary N) is 1. The van der Waals surface area contributed by atoms with Crippen LogP contribution in [0.2, 0.25) is 0 Å². The number of fused-ring (bicyclic) bond motifs is 2. The predicted octanol–water partition coefficient (Wildman–Crippen LogP) is 2.22. The number of benzene rings is 1. The number of piperidine rings is 1. The van der Waals surface area contributed by atoms with Crippen LogP contribution in [-0.4, -0.2) is 41.5 Å². The van der Waals surface area contributed by atoms with Gasteiger partial charge in [0.2, 0.25) is 0 Å². The third kappa shape index (κ3) is 2.96. The molecule has 3 heterocycles. The molecule has 0 saturated carbocycles. The van der Waals surface area contributed by atoms with Crippen molar-refractivity contribution in [2.75, 3.05) is 25.4 Å². The summed E-state index contributed by atoms with van der Waals surface area (Å²) < 4.78 is 0. The molecule has 2 saturated heterocycles. The van der Waals surface area contributed by atoms with Gasteiger partial charge in [-0.3, -0.25) is 4.79 Å². The molecule has 3 unspecified atom stereocenters. The van der Waals surface area contributed by atoms with E-state index >= 15 is 0 Å². The van der Waals surface area contributed by atoms with E-state index < -0.39 is 0 Å². The minimum absolute atomic E-state index is 0.0664. The van der Waals surface area contributed by atoms with Crippen LogP contribution < -0.4 is 11.1 Å². The Bertz CT molecular complexity index is 717. The summed E-state index contributed by atoms with van der Waals surface area (Å²) in [7, 11) is 0. The van der Waals surface area contributed by atoms with Crippen LogP contribution in [0.25, 0.3) is 10.4 Å². The molecule has 0 spiro atoms. The second-order valence-corrected chi connectivity index (χ2v) is 7.47. The normalized spacial score (nSPS) is 26.2. The molecule has 2 aliphatic rings. The van der Waals surface area contributed by atoms with E-state index in [1.165, 1.54) is 30.8 Å². The molecular weight excluding hydrogens is 308 g/mol. The van der Waals surface area contributed by atoms with Gasteiger partial charge in [-0.15, -0.1) is 11.3 Å². The molecule has 3 N–H and O–H groups in total. The highest BCUT2D eigenvalue weighted by atomic mass is 32.1. The summed E-state index contributed by atoms with van der Waals surface area (Å²) in [6, 6.07) is 7.91. The SMILES string of the molecule is Nc1ccccc1-c1cnc(C(=O)NC2CC3CCN(C3)C2)s1. The van der Waals surface area contributed by atoms with Gasteiger partial charge >= 0.3 is 0 Å².